The molecule has 0 heterocycles. The molecular weight excluding hydrogens is 677 g/mol. The van der Waals surface area contributed by atoms with Gasteiger partial charge in [-0.1, -0.05) is 116 Å². The zero-order valence-corrected chi connectivity index (χ0v) is 31.0. The molecule has 0 aliphatic heterocycles. The summed E-state index contributed by atoms with van der Waals surface area (Å²) in [6.07, 6.45) is 8.88. The number of para-hydroxylation sites is 2. The lowest BCUT2D eigenvalue weighted by atomic mass is 10.1. The number of esters is 1. The summed E-state index contributed by atoms with van der Waals surface area (Å²) in [6, 6.07) is 62.0. The van der Waals surface area contributed by atoms with Crippen LogP contribution in [0.1, 0.15) is 35.6 Å². The molecular formula is C50H42N2O3. The Bertz CT molecular complexity index is 2330. The van der Waals surface area contributed by atoms with Gasteiger partial charge in [-0.15, -0.1) is 0 Å². The molecule has 270 valence electrons. The predicted octanol–water partition coefficient (Wildman–Crippen LogP) is 13.3. The Morgan fingerprint density at radius 2 is 0.709 bits per heavy atom. The third-order valence-corrected chi connectivity index (χ3v) is 9.15. The third kappa shape index (κ3) is 9.28. The second kappa shape index (κ2) is 17.6. The molecule has 0 unspecified atom stereocenters. The highest BCUT2D eigenvalue weighted by Gasteiger charge is 2.14. The number of nitrogens with zero attached hydrogens (tertiary/aromatic N) is 2. The second-order valence-electron chi connectivity index (χ2n) is 12.9. The summed E-state index contributed by atoms with van der Waals surface area (Å²) in [7, 11) is 1.68. The van der Waals surface area contributed by atoms with Crippen molar-refractivity contribution in [1.82, 2.24) is 0 Å². The minimum absolute atomic E-state index is 0.250. The van der Waals surface area contributed by atoms with Gasteiger partial charge in [0.2, 0.25) is 0 Å². The van der Waals surface area contributed by atoms with E-state index in [9.17, 15) is 4.79 Å². The molecule has 0 aliphatic carbocycles. The summed E-state index contributed by atoms with van der Waals surface area (Å²) >= 11 is 0. The molecule has 0 radical (unpaired) electrons. The van der Waals surface area contributed by atoms with Gasteiger partial charge >= 0.3 is 5.97 Å². The van der Waals surface area contributed by atoms with Crippen LogP contribution in [0.5, 0.6) is 11.5 Å². The largest absolute Gasteiger partial charge is 0.497 e. The normalized spacial score (nSPS) is 11.1. The van der Waals surface area contributed by atoms with Crippen LogP contribution in [-0.2, 0) is 4.79 Å². The van der Waals surface area contributed by atoms with Crippen molar-refractivity contribution in [3.8, 4) is 11.5 Å². The first kappa shape index (κ1) is 36.3. The van der Waals surface area contributed by atoms with Gasteiger partial charge in [0.15, 0.2) is 0 Å². The number of benzene rings is 7. The molecule has 0 atom stereocenters. The highest BCUT2D eigenvalue weighted by molar-refractivity contribution is 5.80. The molecule has 5 heteroatoms. The van der Waals surface area contributed by atoms with E-state index in [-0.39, 0.29) is 5.97 Å². The molecule has 0 bridgehead atoms. The van der Waals surface area contributed by atoms with Gasteiger partial charge in [-0.3, -0.25) is 4.79 Å². The number of carbonyl (C=O) groups excluding carboxylic acids is 1. The van der Waals surface area contributed by atoms with E-state index in [1.807, 2.05) is 60.7 Å². The maximum atomic E-state index is 11.8. The monoisotopic (exact) mass is 718 g/mol. The highest BCUT2D eigenvalue weighted by atomic mass is 16.5. The summed E-state index contributed by atoms with van der Waals surface area (Å²) in [6.45, 7) is 1.79. The van der Waals surface area contributed by atoms with Gasteiger partial charge in [-0.25, -0.2) is 0 Å². The third-order valence-electron chi connectivity index (χ3n) is 9.15. The van der Waals surface area contributed by atoms with Gasteiger partial charge in [0, 0.05) is 40.5 Å². The van der Waals surface area contributed by atoms with Crippen LogP contribution in [0.2, 0.25) is 0 Å². The minimum Gasteiger partial charge on any atom is -0.497 e. The lowest BCUT2D eigenvalue weighted by Gasteiger charge is -2.25. The summed E-state index contributed by atoms with van der Waals surface area (Å²) < 4.78 is 10.8. The van der Waals surface area contributed by atoms with Crippen LogP contribution < -0.4 is 19.3 Å². The van der Waals surface area contributed by atoms with Crippen molar-refractivity contribution in [2.45, 2.75) is 13.3 Å². The van der Waals surface area contributed by atoms with E-state index >= 15 is 0 Å². The average molecular weight is 719 g/mol. The molecule has 0 saturated heterocycles. The number of anilines is 6. The topological polar surface area (TPSA) is 42.0 Å². The van der Waals surface area contributed by atoms with E-state index in [4.69, 9.17) is 9.47 Å². The van der Waals surface area contributed by atoms with Crippen LogP contribution in [0.25, 0.3) is 24.3 Å². The molecule has 0 amide bonds. The molecule has 7 aromatic rings. The molecule has 0 spiro atoms. The standard InChI is InChI=1S/C50H42N2O3/c1-3-50(53)55-49-36-32-47(33-37-49)52(43-12-8-5-9-13-43)45-28-24-41(25-29-45)21-19-39-16-14-38(15-17-39)18-20-40-22-26-44(27-23-40)51(42-10-6-4-7-11-42)46-30-34-48(54-2)35-31-46/h4-37H,3H2,1-2H3. The highest BCUT2D eigenvalue weighted by Crippen LogP contribution is 2.37. The van der Waals surface area contributed by atoms with Gasteiger partial charge in [-0.05, 0) is 119 Å². The quantitative estimate of drug-likeness (QED) is 0.0674. The molecule has 7 aromatic carbocycles. The Labute approximate surface area is 323 Å². The molecule has 0 aromatic heterocycles. The van der Waals surface area contributed by atoms with Crippen molar-refractivity contribution in [1.29, 1.82) is 0 Å². The lowest BCUT2D eigenvalue weighted by molar-refractivity contribution is -0.134. The molecule has 0 N–H and O–H groups in total. The summed E-state index contributed by atoms with van der Waals surface area (Å²) in [5.41, 5.74) is 10.7. The number of carbonyl (C=O) groups is 1. The number of hydrogen-bond acceptors (Lipinski definition) is 5. The first-order chi connectivity index (χ1) is 27.1. The summed E-state index contributed by atoms with van der Waals surface area (Å²) in [5, 5.41) is 0. The van der Waals surface area contributed by atoms with Crippen LogP contribution in [0.4, 0.5) is 34.1 Å². The Balaban J connectivity index is 1.01. The van der Waals surface area contributed by atoms with Gasteiger partial charge in [0.25, 0.3) is 0 Å². The molecule has 0 aliphatic rings. The zero-order valence-electron chi connectivity index (χ0n) is 31.0. The van der Waals surface area contributed by atoms with Crippen molar-refractivity contribution in [3.63, 3.8) is 0 Å². The van der Waals surface area contributed by atoms with Crippen molar-refractivity contribution in [2.75, 3.05) is 16.9 Å². The molecule has 0 saturated carbocycles. The fraction of sp³-hybridized carbons (Fsp3) is 0.0600. The van der Waals surface area contributed by atoms with Crippen LogP contribution in [0.15, 0.2) is 182 Å². The maximum absolute atomic E-state index is 11.8. The number of hydrogen-bond donors (Lipinski definition) is 0. The van der Waals surface area contributed by atoms with E-state index in [1.54, 1.807) is 14.0 Å². The number of rotatable bonds is 13. The Morgan fingerprint density at radius 3 is 1.04 bits per heavy atom. The zero-order chi connectivity index (χ0) is 37.8. The van der Waals surface area contributed by atoms with Crippen LogP contribution in [0.3, 0.4) is 0 Å². The van der Waals surface area contributed by atoms with Crippen molar-refractivity contribution in [3.05, 3.63) is 204 Å². The first-order valence-electron chi connectivity index (χ1n) is 18.4. The Kier molecular flexibility index (Phi) is 11.6. The van der Waals surface area contributed by atoms with E-state index in [1.165, 1.54) is 0 Å². The maximum Gasteiger partial charge on any atom is 0.310 e. The van der Waals surface area contributed by atoms with Crippen molar-refractivity contribution >= 4 is 64.4 Å². The molecule has 7 rings (SSSR count). The molecule has 5 nitrogen and oxygen atoms in total. The summed E-state index contributed by atoms with van der Waals surface area (Å²) in [5.74, 6) is 1.12. The van der Waals surface area contributed by atoms with Gasteiger partial charge in [0.05, 0.1) is 7.11 Å². The average Bonchev–Trinajstić information content (AvgIpc) is 3.25. The minimum atomic E-state index is -0.250. The fourth-order valence-corrected chi connectivity index (χ4v) is 6.22. The molecule has 55 heavy (non-hydrogen) atoms. The summed E-state index contributed by atoms with van der Waals surface area (Å²) in [4.78, 5) is 16.2. The van der Waals surface area contributed by atoms with E-state index in [0.29, 0.717) is 12.2 Å². The van der Waals surface area contributed by atoms with E-state index in [2.05, 4.69) is 155 Å². The van der Waals surface area contributed by atoms with Crippen molar-refractivity contribution < 1.29 is 14.3 Å². The Morgan fingerprint density at radius 1 is 0.418 bits per heavy atom. The van der Waals surface area contributed by atoms with Crippen LogP contribution in [-0.4, -0.2) is 13.1 Å². The number of ether oxygens (including phenoxy) is 2. The number of methoxy groups -OCH3 is 1. The second-order valence-corrected chi connectivity index (χ2v) is 12.9. The van der Waals surface area contributed by atoms with Crippen molar-refractivity contribution in [2.24, 2.45) is 0 Å². The fourth-order valence-electron chi connectivity index (χ4n) is 6.22. The van der Waals surface area contributed by atoms with E-state index in [0.717, 1.165) is 62.1 Å². The van der Waals surface area contributed by atoms with E-state index < -0.39 is 0 Å². The van der Waals surface area contributed by atoms with Gasteiger partial charge in [-0.2, -0.15) is 0 Å². The lowest BCUT2D eigenvalue weighted by Crippen LogP contribution is -2.10. The first-order valence-corrected chi connectivity index (χ1v) is 18.4. The van der Waals surface area contributed by atoms with Crippen LogP contribution in [0, 0.1) is 0 Å². The molecule has 0 fully saturated rings. The predicted molar refractivity (Wildman–Crippen MR) is 229 cm³/mol. The smallest absolute Gasteiger partial charge is 0.310 e. The van der Waals surface area contributed by atoms with Crippen LogP contribution >= 0.6 is 0 Å². The van der Waals surface area contributed by atoms with Gasteiger partial charge in [0.1, 0.15) is 11.5 Å². The van der Waals surface area contributed by atoms with Gasteiger partial charge < -0.3 is 19.3 Å². The Hall–Kier alpha value is -7.11. The SMILES string of the molecule is CCC(=O)Oc1ccc(N(c2ccccc2)c2ccc(C=Cc3ccc(C=Cc4ccc(N(c5ccccc5)c5ccc(OC)cc5)cc4)cc3)cc2)cc1.